The maximum atomic E-state index is 12.1. The predicted molar refractivity (Wildman–Crippen MR) is 78.7 cm³/mol. The van der Waals surface area contributed by atoms with Crippen LogP contribution >= 0.6 is 15.9 Å². The zero-order chi connectivity index (χ0) is 15.3. The molecule has 1 rings (SSSR count). The van der Waals surface area contributed by atoms with E-state index in [4.69, 9.17) is 9.84 Å². The van der Waals surface area contributed by atoms with Crippen molar-refractivity contribution in [3.05, 3.63) is 28.7 Å². The van der Waals surface area contributed by atoms with E-state index < -0.39 is 18.1 Å². The SMILES string of the molecule is CCC(C(=O)O)N(C)C(=O)C(C)Oc1ccc(Br)cc1. The van der Waals surface area contributed by atoms with Crippen molar-refractivity contribution in [3.8, 4) is 5.75 Å². The van der Waals surface area contributed by atoms with Crippen molar-refractivity contribution in [3.63, 3.8) is 0 Å². The van der Waals surface area contributed by atoms with Crippen molar-refractivity contribution >= 4 is 27.8 Å². The Bertz CT molecular complexity index is 475. The number of carbonyl (C=O) groups is 2. The fourth-order valence-electron chi connectivity index (χ4n) is 1.82. The van der Waals surface area contributed by atoms with Crippen LogP contribution in [0.4, 0.5) is 0 Å². The van der Waals surface area contributed by atoms with Gasteiger partial charge in [0, 0.05) is 11.5 Å². The van der Waals surface area contributed by atoms with Crippen molar-refractivity contribution in [1.29, 1.82) is 0 Å². The van der Waals surface area contributed by atoms with Gasteiger partial charge in [-0.2, -0.15) is 0 Å². The second kappa shape index (κ2) is 7.28. The third-order valence-electron chi connectivity index (χ3n) is 2.96. The van der Waals surface area contributed by atoms with Gasteiger partial charge in [0.15, 0.2) is 6.10 Å². The minimum atomic E-state index is -1.01. The third-order valence-corrected chi connectivity index (χ3v) is 3.49. The molecule has 0 aromatic heterocycles. The van der Waals surface area contributed by atoms with Crippen LogP contribution < -0.4 is 4.74 Å². The number of carboxylic acids is 1. The standard InChI is InChI=1S/C14H18BrNO4/c1-4-12(14(18)19)16(3)13(17)9(2)20-11-7-5-10(15)6-8-11/h5-9,12H,4H2,1-3H3,(H,18,19). The van der Waals surface area contributed by atoms with Gasteiger partial charge >= 0.3 is 5.97 Å². The minimum Gasteiger partial charge on any atom is -0.481 e. The lowest BCUT2D eigenvalue weighted by Crippen LogP contribution is -2.47. The number of ether oxygens (including phenoxy) is 1. The monoisotopic (exact) mass is 343 g/mol. The molecular weight excluding hydrogens is 326 g/mol. The second-order valence-corrected chi connectivity index (χ2v) is 5.34. The lowest BCUT2D eigenvalue weighted by Gasteiger charge is -2.26. The molecule has 0 aliphatic carbocycles. The van der Waals surface area contributed by atoms with Crippen LogP contribution in [0.15, 0.2) is 28.7 Å². The molecule has 2 unspecified atom stereocenters. The molecule has 110 valence electrons. The van der Waals surface area contributed by atoms with Crippen molar-refractivity contribution in [2.45, 2.75) is 32.4 Å². The summed E-state index contributed by atoms with van der Waals surface area (Å²) in [6, 6.07) is 6.26. The van der Waals surface area contributed by atoms with Gasteiger partial charge < -0.3 is 14.7 Å². The molecule has 6 heteroatoms. The molecule has 0 spiro atoms. The van der Waals surface area contributed by atoms with Gasteiger partial charge in [0.1, 0.15) is 11.8 Å². The summed E-state index contributed by atoms with van der Waals surface area (Å²) in [4.78, 5) is 24.4. The highest BCUT2D eigenvalue weighted by molar-refractivity contribution is 9.10. The van der Waals surface area contributed by atoms with Gasteiger partial charge in [-0.1, -0.05) is 22.9 Å². The lowest BCUT2D eigenvalue weighted by molar-refractivity contribution is -0.151. The molecule has 0 saturated carbocycles. The lowest BCUT2D eigenvalue weighted by atomic mass is 10.2. The van der Waals surface area contributed by atoms with Gasteiger partial charge in [-0.3, -0.25) is 4.79 Å². The Kier molecular flexibility index (Phi) is 6.01. The predicted octanol–water partition coefficient (Wildman–Crippen LogP) is 2.54. The molecule has 0 aliphatic rings. The van der Waals surface area contributed by atoms with E-state index in [0.29, 0.717) is 12.2 Å². The van der Waals surface area contributed by atoms with Crippen LogP contribution in [0.2, 0.25) is 0 Å². The van der Waals surface area contributed by atoms with Crippen LogP contribution in [-0.4, -0.2) is 41.1 Å². The number of hydrogen-bond donors (Lipinski definition) is 1. The first kappa shape index (κ1) is 16.5. The van der Waals surface area contributed by atoms with E-state index in [1.807, 2.05) is 12.1 Å². The molecule has 0 heterocycles. The Balaban J connectivity index is 2.71. The highest BCUT2D eigenvalue weighted by Crippen LogP contribution is 2.18. The van der Waals surface area contributed by atoms with Crippen LogP contribution in [0.3, 0.4) is 0 Å². The summed E-state index contributed by atoms with van der Waals surface area (Å²) in [5.74, 6) is -0.813. The maximum Gasteiger partial charge on any atom is 0.326 e. The molecular formula is C14H18BrNO4. The smallest absolute Gasteiger partial charge is 0.326 e. The molecule has 0 bridgehead atoms. The molecule has 20 heavy (non-hydrogen) atoms. The number of hydrogen-bond acceptors (Lipinski definition) is 3. The topological polar surface area (TPSA) is 66.8 Å². The molecule has 0 fully saturated rings. The number of nitrogens with zero attached hydrogens (tertiary/aromatic N) is 1. The number of carboxylic acid groups (broad SMARTS) is 1. The summed E-state index contributed by atoms with van der Waals surface area (Å²) < 4.78 is 6.44. The minimum absolute atomic E-state index is 0.350. The molecule has 5 nitrogen and oxygen atoms in total. The Morgan fingerprint density at radius 3 is 2.35 bits per heavy atom. The molecule has 0 radical (unpaired) electrons. The van der Waals surface area contributed by atoms with E-state index in [-0.39, 0.29) is 5.91 Å². The first-order valence-electron chi connectivity index (χ1n) is 6.28. The number of amides is 1. The van der Waals surface area contributed by atoms with Crippen molar-refractivity contribution in [1.82, 2.24) is 4.90 Å². The second-order valence-electron chi connectivity index (χ2n) is 4.43. The average molecular weight is 344 g/mol. The first-order valence-corrected chi connectivity index (χ1v) is 7.07. The summed E-state index contributed by atoms with van der Waals surface area (Å²) in [6.45, 7) is 3.33. The number of rotatable bonds is 6. The van der Waals surface area contributed by atoms with Crippen molar-refractivity contribution in [2.24, 2.45) is 0 Å². The van der Waals surface area contributed by atoms with Gasteiger partial charge in [0.2, 0.25) is 0 Å². The fourth-order valence-corrected chi connectivity index (χ4v) is 2.09. The molecule has 1 N–H and O–H groups in total. The maximum absolute atomic E-state index is 12.1. The van der Waals surface area contributed by atoms with E-state index in [2.05, 4.69) is 15.9 Å². The third kappa shape index (κ3) is 4.23. The molecule has 2 atom stereocenters. The summed E-state index contributed by atoms with van der Waals surface area (Å²) in [5, 5.41) is 9.05. The van der Waals surface area contributed by atoms with Gasteiger partial charge in [-0.05, 0) is 37.6 Å². The highest BCUT2D eigenvalue weighted by atomic mass is 79.9. The summed E-state index contributed by atoms with van der Waals surface area (Å²) in [5.41, 5.74) is 0. The molecule has 1 aromatic carbocycles. The van der Waals surface area contributed by atoms with Gasteiger partial charge in [0.25, 0.3) is 5.91 Å². The van der Waals surface area contributed by atoms with Crippen LogP contribution in [0, 0.1) is 0 Å². The quantitative estimate of drug-likeness (QED) is 0.861. The molecule has 1 amide bonds. The largest absolute Gasteiger partial charge is 0.481 e. The van der Waals surface area contributed by atoms with E-state index in [1.165, 1.54) is 11.9 Å². The van der Waals surface area contributed by atoms with Crippen LogP contribution in [-0.2, 0) is 9.59 Å². The van der Waals surface area contributed by atoms with Gasteiger partial charge in [0.05, 0.1) is 0 Å². The Labute approximate surface area is 126 Å². The summed E-state index contributed by atoms with van der Waals surface area (Å²) in [6.07, 6.45) is -0.391. The van der Waals surface area contributed by atoms with E-state index in [0.717, 1.165) is 4.47 Å². The number of halogens is 1. The zero-order valence-corrected chi connectivity index (χ0v) is 13.3. The van der Waals surface area contributed by atoms with E-state index in [1.54, 1.807) is 26.0 Å². The highest BCUT2D eigenvalue weighted by Gasteiger charge is 2.28. The van der Waals surface area contributed by atoms with Crippen LogP contribution in [0.25, 0.3) is 0 Å². The van der Waals surface area contributed by atoms with Crippen LogP contribution in [0.1, 0.15) is 20.3 Å². The number of likely N-dealkylation sites (N-methyl/N-ethyl adjacent to an activating group) is 1. The number of aliphatic carboxylic acids is 1. The Morgan fingerprint density at radius 1 is 1.35 bits per heavy atom. The Morgan fingerprint density at radius 2 is 1.90 bits per heavy atom. The summed E-state index contributed by atoms with van der Waals surface area (Å²) >= 11 is 3.31. The van der Waals surface area contributed by atoms with Gasteiger partial charge in [-0.25, -0.2) is 4.79 Å². The number of benzene rings is 1. The van der Waals surface area contributed by atoms with Gasteiger partial charge in [-0.15, -0.1) is 0 Å². The molecule has 0 aliphatic heterocycles. The van der Waals surface area contributed by atoms with Crippen molar-refractivity contribution < 1.29 is 19.4 Å². The molecule has 1 aromatic rings. The fraction of sp³-hybridized carbons (Fsp3) is 0.429. The number of carbonyl (C=O) groups excluding carboxylic acids is 1. The van der Waals surface area contributed by atoms with E-state index >= 15 is 0 Å². The van der Waals surface area contributed by atoms with E-state index in [9.17, 15) is 9.59 Å². The van der Waals surface area contributed by atoms with Crippen LogP contribution in [0.5, 0.6) is 5.75 Å². The first-order chi connectivity index (χ1) is 9.36. The normalized spacial score (nSPS) is 13.4. The summed E-state index contributed by atoms with van der Waals surface area (Å²) in [7, 11) is 1.48. The zero-order valence-electron chi connectivity index (χ0n) is 11.7. The Hall–Kier alpha value is -1.56. The molecule has 0 saturated heterocycles. The van der Waals surface area contributed by atoms with Crippen molar-refractivity contribution in [2.75, 3.05) is 7.05 Å². The average Bonchev–Trinajstić information content (AvgIpc) is 2.40.